The van der Waals surface area contributed by atoms with Crippen molar-refractivity contribution in [3.05, 3.63) is 72.2 Å². The topological polar surface area (TPSA) is 80.6 Å². The maximum atomic E-state index is 12.3. The lowest BCUT2D eigenvalue weighted by molar-refractivity contribution is -0.119. The fourth-order valence-corrected chi connectivity index (χ4v) is 3.20. The van der Waals surface area contributed by atoms with E-state index in [2.05, 4.69) is 10.6 Å². The Bertz CT molecular complexity index is 949. The number of methoxy groups -OCH3 is 1. The summed E-state index contributed by atoms with van der Waals surface area (Å²) >= 11 is 1.62. The molecule has 0 atom stereocenters. The lowest BCUT2D eigenvalue weighted by Gasteiger charge is -2.06. The van der Waals surface area contributed by atoms with Gasteiger partial charge in [-0.05, 0) is 60.7 Å². The van der Waals surface area contributed by atoms with Gasteiger partial charge in [0.05, 0.1) is 13.7 Å². The highest BCUT2D eigenvalue weighted by molar-refractivity contribution is 7.99. The molecule has 144 valence electrons. The molecule has 0 saturated heterocycles. The first-order valence-electron chi connectivity index (χ1n) is 8.60. The molecule has 0 aliphatic rings. The van der Waals surface area contributed by atoms with Gasteiger partial charge in [0.15, 0.2) is 5.76 Å². The van der Waals surface area contributed by atoms with Crippen LogP contribution in [0.2, 0.25) is 0 Å². The van der Waals surface area contributed by atoms with E-state index in [0.717, 1.165) is 15.5 Å². The molecule has 3 rings (SSSR count). The van der Waals surface area contributed by atoms with Gasteiger partial charge in [-0.1, -0.05) is 11.8 Å². The molecule has 2 amide bonds. The summed E-state index contributed by atoms with van der Waals surface area (Å²) in [7, 11) is 1.64. The van der Waals surface area contributed by atoms with Gasteiger partial charge in [0.2, 0.25) is 5.91 Å². The van der Waals surface area contributed by atoms with E-state index >= 15 is 0 Å². The van der Waals surface area contributed by atoms with Gasteiger partial charge < -0.3 is 19.8 Å². The molecule has 6 nitrogen and oxygen atoms in total. The minimum Gasteiger partial charge on any atom is -0.497 e. The Balaban J connectivity index is 1.57. The quantitative estimate of drug-likeness (QED) is 0.621. The molecule has 2 aromatic carbocycles. The van der Waals surface area contributed by atoms with Crippen molar-refractivity contribution in [3.8, 4) is 5.75 Å². The molecule has 0 unspecified atom stereocenters. The molecule has 3 aromatic rings. The maximum absolute atomic E-state index is 12.3. The number of hydrogen-bond acceptors (Lipinski definition) is 5. The van der Waals surface area contributed by atoms with E-state index in [0.29, 0.717) is 11.4 Å². The number of carbonyl (C=O) groups is 2. The predicted octanol–water partition coefficient (Wildman–Crippen LogP) is 4.33. The molecular weight excluding hydrogens is 376 g/mol. The van der Waals surface area contributed by atoms with Gasteiger partial charge in [-0.2, -0.15) is 0 Å². The lowest BCUT2D eigenvalue weighted by Crippen LogP contribution is -2.18. The molecule has 7 heteroatoms. The fraction of sp³-hybridized carbons (Fsp3) is 0.143. The van der Waals surface area contributed by atoms with Crippen molar-refractivity contribution in [3.63, 3.8) is 0 Å². The SMILES string of the molecule is COc1ccc(Sc2ccc(NC(=O)c3ccc(CNC(C)=O)o3)cc2)cc1. The second-order valence-electron chi connectivity index (χ2n) is 5.93. The Kier molecular flexibility index (Phi) is 6.39. The van der Waals surface area contributed by atoms with Crippen molar-refractivity contribution in [2.75, 3.05) is 12.4 Å². The van der Waals surface area contributed by atoms with Crippen LogP contribution in [0.4, 0.5) is 5.69 Å². The van der Waals surface area contributed by atoms with E-state index in [1.807, 2.05) is 48.5 Å². The number of ether oxygens (including phenoxy) is 1. The van der Waals surface area contributed by atoms with Crippen LogP contribution in [-0.4, -0.2) is 18.9 Å². The third kappa shape index (κ3) is 5.40. The van der Waals surface area contributed by atoms with Crippen LogP contribution >= 0.6 is 11.8 Å². The zero-order chi connectivity index (χ0) is 19.9. The van der Waals surface area contributed by atoms with Crippen molar-refractivity contribution in [2.24, 2.45) is 0 Å². The van der Waals surface area contributed by atoms with Gasteiger partial charge in [-0.25, -0.2) is 0 Å². The fourth-order valence-electron chi connectivity index (χ4n) is 2.39. The van der Waals surface area contributed by atoms with Crippen LogP contribution in [0.5, 0.6) is 5.75 Å². The minimum atomic E-state index is -0.343. The average Bonchev–Trinajstić information content (AvgIpc) is 3.18. The van der Waals surface area contributed by atoms with Crippen molar-refractivity contribution in [1.29, 1.82) is 0 Å². The zero-order valence-corrected chi connectivity index (χ0v) is 16.3. The standard InChI is InChI=1S/C21H20N2O4S/c1-14(24)22-13-17-7-12-20(27-17)21(25)23-15-3-8-18(9-4-15)28-19-10-5-16(26-2)6-11-19/h3-12H,13H2,1-2H3,(H,22,24)(H,23,25). The zero-order valence-electron chi connectivity index (χ0n) is 15.5. The number of rotatable bonds is 7. The van der Waals surface area contributed by atoms with Crippen LogP contribution < -0.4 is 15.4 Å². The minimum absolute atomic E-state index is 0.157. The van der Waals surface area contributed by atoms with E-state index in [9.17, 15) is 9.59 Å². The van der Waals surface area contributed by atoms with Crippen molar-refractivity contribution in [1.82, 2.24) is 5.32 Å². The van der Waals surface area contributed by atoms with Gasteiger partial charge >= 0.3 is 0 Å². The van der Waals surface area contributed by atoms with E-state index in [-0.39, 0.29) is 24.1 Å². The summed E-state index contributed by atoms with van der Waals surface area (Å²) in [5, 5.41) is 5.42. The Labute approximate surface area is 167 Å². The van der Waals surface area contributed by atoms with Crippen molar-refractivity contribution < 1.29 is 18.7 Å². The molecule has 0 spiro atoms. The Hall–Kier alpha value is -3.19. The van der Waals surface area contributed by atoms with Gasteiger partial charge in [0.1, 0.15) is 11.5 Å². The number of carbonyl (C=O) groups excluding carboxylic acids is 2. The summed E-state index contributed by atoms with van der Waals surface area (Å²) in [4.78, 5) is 25.4. The van der Waals surface area contributed by atoms with E-state index in [1.165, 1.54) is 6.92 Å². The first kappa shape index (κ1) is 19.6. The number of amides is 2. The molecule has 1 heterocycles. The summed E-state index contributed by atoms with van der Waals surface area (Å²) in [5.41, 5.74) is 0.670. The molecule has 0 aliphatic carbocycles. The van der Waals surface area contributed by atoms with Crippen LogP contribution in [0.1, 0.15) is 23.2 Å². The maximum Gasteiger partial charge on any atom is 0.291 e. The molecule has 0 saturated carbocycles. The highest BCUT2D eigenvalue weighted by atomic mass is 32.2. The third-order valence-corrected chi connectivity index (χ3v) is 4.82. The van der Waals surface area contributed by atoms with E-state index in [4.69, 9.17) is 9.15 Å². The molecule has 0 bridgehead atoms. The molecule has 1 aromatic heterocycles. The summed E-state index contributed by atoms with van der Waals surface area (Å²) in [6.07, 6.45) is 0. The number of benzene rings is 2. The first-order chi connectivity index (χ1) is 13.5. The molecule has 0 radical (unpaired) electrons. The third-order valence-electron chi connectivity index (χ3n) is 3.80. The Morgan fingerprint density at radius 2 is 1.61 bits per heavy atom. The number of furan rings is 1. The second-order valence-corrected chi connectivity index (χ2v) is 7.08. The van der Waals surface area contributed by atoms with E-state index in [1.54, 1.807) is 31.0 Å². The van der Waals surface area contributed by atoms with E-state index < -0.39 is 0 Å². The molecule has 0 aliphatic heterocycles. The average molecular weight is 396 g/mol. The van der Waals surface area contributed by atoms with Gasteiger partial charge in [0, 0.05) is 22.4 Å². The van der Waals surface area contributed by atoms with Crippen LogP contribution in [0, 0.1) is 0 Å². The smallest absolute Gasteiger partial charge is 0.291 e. The highest BCUT2D eigenvalue weighted by Crippen LogP contribution is 2.29. The van der Waals surface area contributed by atoms with Crippen molar-refractivity contribution >= 4 is 29.3 Å². The van der Waals surface area contributed by atoms with Crippen LogP contribution in [0.15, 0.2) is 74.9 Å². The first-order valence-corrected chi connectivity index (χ1v) is 9.41. The summed E-state index contributed by atoms with van der Waals surface area (Å²) in [6.45, 7) is 1.67. The normalized spacial score (nSPS) is 10.4. The van der Waals surface area contributed by atoms with Crippen LogP contribution in [0.25, 0.3) is 0 Å². The predicted molar refractivity (Wildman–Crippen MR) is 108 cm³/mol. The molecule has 0 fully saturated rings. The Morgan fingerprint density at radius 1 is 0.964 bits per heavy atom. The number of anilines is 1. The molecule has 2 N–H and O–H groups in total. The Morgan fingerprint density at radius 3 is 2.21 bits per heavy atom. The van der Waals surface area contributed by atoms with Gasteiger partial charge in [-0.3, -0.25) is 9.59 Å². The largest absolute Gasteiger partial charge is 0.497 e. The molecule has 28 heavy (non-hydrogen) atoms. The summed E-state index contributed by atoms with van der Waals surface area (Å²) in [5.74, 6) is 1.03. The van der Waals surface area contributed by atoms with Crippen LogP contribution in [-0.2, 0) is 11.3 Å². The monoisotopic (exact) mass is 396 g/mol. The number of hydrogen-bond donors (Lipinski definition) is 2. The highest BCUT2D eigenvalue weighted by Gasteiger charge is 2.12. The van der Waals surface area contributed by atoms with Crippen LogP contribution in [0.3, 0.4) is 0 Å². The summed E-state index contributed by atoms with van der Waals surface area (Å²) in [6, 6.07) is 18.6. The van der Waals surface area contributed by atoms with Gasteiger partial charge in [0.25, 0.3) is 5.91 Å². The van der Waals surface area contributed by atoms with Crippen molar-refractivity contribution in [2.45, 2.75) is 23.3 Å². The van der Waals surface area contributed by atoms with Gasteiger partial charge in [-0.15, -0.1) is 0 Å². The lowest BCUT2D eigenvalue weighted by atomic mass is 10.3. The summed E-state index contributed by atoms with van der Waals surface area (Å²) < 4.78 is 10.6. The number of nitrogens with one attached hydrogen (secondary N) is 2. The second kappa shape index (κ2) is 9.14. The molecular formula is C21H20N2O4S.